The lowest BCUT2D eigenvalue weighted by atomic mass is 10.1. The van der Waals surface area contributed by atoms with Crippen LogP contribution in [0, 0.1) is 13.8 Å². The van der Waals surface area contributed by atoms with Gasteiger partial charge in [0, 0.05) is 12.3 Å². The highest BCUT2D eigenvalue weighted by Crippen LogP contribution is 2.27. The quantitative estimate of drug-likeness (QED) is 0.812. The Bertz CT molecular complexity index is 354. The Kier molecular flexibility index (Phi) is 4.43. The third kappa shape index (κ3) is 3.40. The van der Waals surface area contributed by atoms with Crippen LogP contribution in [0.4, 0.5) is 5.69 Å². The Labute approximate surface area is 99.6 Å². The number of carbonyl (C=O) groups is 1. The first-order chi connectivity index (χ1) is 7.04. The molecule has 0 saturated heterocycles. The van der Waals surface area contributed by atoms with Gasteiger partial charge >= 0.3 is 0 Å². The first-order valence-electron chi connectivity index (χ1n) is 4.67. The van der Waals surface area contributed by atoms with Crippen molar-refractivity contribution in [1.29, 1.82) is 0 Å². The van der Waals surface area contributed by atoms with E-state index in [1.807, 2.05) is 26.0 Å². The summed E-state index contributed by atoms with van der Waals surface area (Å²) in [6.45, 7) is 3.87. The molecular weight excluding hydrogens is 233 g/mol. The molecule has 0 aromatic heterocycles. The van der Waals surface area contributed by atoms with E-state index in [1.165, 1.54) is 0 Å². The molecule has 0 heterocycles. The van der Waals surface area contributed by atoms with E-state index in [0.29, 0.717) is 23.0 Å². The monoisotopic (exact) mass is 245 g/mol. The third-order valence-corrected chi connectivity index (χ3v) is 2.50. The molecule has 0 unspecified atom stereocenters. The van der Waals surface area contributed by atoms with Gasteiger partial charge in [0.05, 0.1) is 10.7 Å². The minimum Gasteiger partial charge on any atom is -0.325 e. The van der Waals surface area contributed by atoms with Crippen LogP contribution in [0.15, 0.2) is 12.1 Å². The van der Waals surface area contributed by atoms with Gasteiger partial charge in [-0.1, -0.05) is 17.7 Å². The van der Waals surface area contributed by atoms with E-state index in [-0.39, 0.29) is 5.91 Å². The highest BCUT2D eigenvalue weighted by Gasteiger charge is 2.08. The van der Waals surface area contributed by atoms with Gasteiger partial charge in [-0.05, 0) is 31.0 Å². The summed E-state index contributed by atoms with van der Waals surface area (Å²) in [5, 5.41) is 3.32. The van der Waals surface area contributed by atoms with Crippen LogP contribution in [-0.2, 0) is 4.79 Å². The molecule has 0 radical (unpaired) electrons. The summed E-state index contributed by atoms with van der Waals surface area (Å²) in [6.07, 6.45) is 0.297. The van der Waals surface area contributed by atoms with E-state index in [4.69, 9.17) is 23.2 Å². The Hall–Kier alpha value is -0.730. The van der Waals surface area contributed by atoms with Crippen molar-refractivity contribution in [2.24, 2.45) is 0 Å². The van der Waals surface area contributed by atoms with Crippen LogP contribution in [0.25, 0.3) is 0 Å². The molecule has 0 spiro atoms. The minimum absolute atomic E-state index is 0.112. The number of carbonyl (C=O) groups excluding carboxylic acids is 1. The summed E-state index contributed by atoms with van der Waals surface area (Å²) < 4.78 is 0. The summed E-state index contributed by atoms with van der Waals surface area (Å²) in [6, 6.07) is 3.80. The summed E-state index contributed by atoms with van der Waals surface area (Å²) in [4.78, 5) is 11.3. The van der Waals surface area contributed by atoms with Crippen molar-refractivity contribution in [3.8, 4) is 0 Å². The predicted molar refractivity (Wildman–Crippen MR) is 64.9 cm³/mol. The molecule has 1 aromatic rings. The van der Waals surface area contributed by atoms with Crippen molar-refractivity contribution >= 4 is 34.8 Å². The zero-order valence-corrected chi connectivity index (χ0v) is 10.2. The number of hydrogen-bond donors (Lipinski definition) is 1. The van der Waals surface area contributed by atoms with Crippen LogP contribution in [0.2, 0.25) is 5.02 Å². The van der Waals surface area contributed by atoms with Gasteiger partial charge in [-0.15, -0.1) is 11.6 Å². The lowest BCUT2D eigenvalue weighted by Gasteiger charge is -2.10. The van der Waals surface area contributed by atoms with E-state index in [2.05, 4.69) is 5.32 Å². The molecule has 82 valence electrons. The average Bonchev–Trinajstić information content (AvgIpc) is 2.11. The highest BCUT2D eigenvalue weighted by atomic mass is 35.5. The molecule has 4 heteroatoms. The number of anilines is 1. The fraction of sp³-hybridized carbons (Fsp3) is 0.364. The van der Waals surface area contributed by atoms with E-state index < -0.39 is 0 Å². The zero-order valence-electron chi connectivity index (χ0n) is 8.73. The van der Waals surface area contributed by atoms with E-state index in [1.54, 1.807) is 0 Å². The van der Waals surface area contributed by atoms with Crippen molar-refractivity contribution in [1.82, 2.24) is 0 Å². The maximum absolute atomic E-state index is 11.3. The number of nitrogens with one attached hydrogen (secondary N) is 1. The Balaban J connectivity index is 2.90. The van der Waals surface area contributed by atoms with Crippen LogP contribution < -0.4 is 5.32 Å². The molecule has 1 N–H and O–H groups in total. The SMILES string of the molecule is Cc1cc(C)c(NC(=O)CCCl)c(Cl)c1. The summed E-state index contributed by atoms with van der Waals surface area (Å²) in [5.41, 5.74) is 2.72. The van der Waals surface area contributed by atoms with Crippen molar-refractivity contribution in [2.45, 2.75) is 20.3 Å². The standard InChI is InChI=1S/C11H13Cl2NO/c1-7-5-8(2)11(9(13)6-7)14-10(15)3-4-12/h5-6H,3-4H2,1-2H3,(H,14,15). The molecule has 0 fully saturated rings. The number of alkyl halides is 1. The molecule has 0 aliphatic carbocycles. The van der Waals surface area contributed by atoms with Crippen molar-refractivity contribution in [3.05, 3.63) is 28.3 Å². The lowest BCUT2D eigenvalue weighted by Crippen LogP contribution is -2.13. The molecule has 2 nitrogen and oxygen atoms in total. The maximum atomic E-state index is 11.3. The van der Waals surface area contributed by atoms with Gasteiger partial charge in [-0.3, -0.25) is 4.79 Å². The molecule has 0 aliphatic heterocycles. The molecule has 0 saturated carbocycles. The molecule has 1 rings (SSSR count). The van der Waals surface area contributed by atoms with Crippen LogP contribution in [0.1, 0.15) is 17.5 Å². The number of halogens is 2. The summed E-state index contributed by atoms with van der Waals surface area (Å²) >= 11 is 11.5. The molecular formula is C11H13Cl2NO. The minimum atomic E-state index is -0.112. The second kappa shape index (κ2) is 5.38. The normalized spacial score (nSPS) is 10.1. The van der Waals surface area contributed by atoms with Crippen LogP contribution in [0.5, 0.6) is 0 Å². The summed E-state index contributed by atoms with van der Waals surface area (Å²) in [5.74, 6) is 0.202. The van der Waals surface area contributed by atoms with E-state index >= 15 is 0 Å². The molecule has 15 heavy (non-hydrogen) atoms. The van der Waals surface area contributed by atoms with Gasteiger partial charge in [-0.25, -0.2) is 0 Å². The van der Waals surface area contributed by atoms with Gasteiger partial charge in [-0.2, -0.15) is 0 Å². The second-order valence-electron chi connectivity index (χ2n) is 3.43. The number of aryl methyl sites for hydroxylation is 2. The van der Waals surface area contributed by atoms with E-state index in [9.17, 15) is 4.79 Å². The van der Waals surface area contributed by atoms with Crippen molar-refractivity contribution < 1.29 is 4.79 Å². The van der Waals surface area contributed by atoms with Gasteiger partial charge < -0.3 is 5.32 Å². The van der Waals surface area contributed by atoms with Crippen molar-refractivity contribution in [3.63, 3.8) is 0 Å². The predicted octanol–water partition coefficient (Wildman–Crippen LogP) is 3.52. The van der Waals surface area contributed by atoms with Gasteiger partial charge in [0.2, 0.25) is 5.91 Å². The number of hydrogen-bond acceptors (Lipinski definition) is 1. The zero-order chi connectivity index (χ0) is 11.4. The van der Waals surface area contributed by atoms with Crippen LogP contribution >= 0.6 is 23.2 Å². The fourth-order valence-electron chi connectivity index (χ4n) is 1.36. The maximum Gasteiger partial charge on any atom is 0.225 e. The smallest absolute Gasteiger partial charge is 0.225 e. The number of amides is 1. The molecule has 0 bridgehead atoms. The molecule has 1 amide bonds. The van der Waals surface area contributed by atoms with Gasteiger partial charge in [0.1, 0.15) is 0 Å². The van der Waals surface area contributed by atoms with Gasteiger partial charge in [0.15, 0.2) is 0 Å². The first-order valence-corrected chi connectivity index (χ1v) is 5.58. The lowest BCUT2D eigenvalue weighted by molar-refractivity contribution is -0.115. The Morgan fingerprint density at radius 3 is 2.60 bits per heavy atom. The third-order valence-electron chi connectivity index (χ3n) is 2.02. The topological polar surface area (TPSA) is 29.1 Å². The largest absolute Gasteiger partial charge is 0.325 e. The Morgan fingerprint density at radius 2 is 2.07 bits per heavy atom. The molecule has 1 aromatic carbocycles. The highest BCUT2D eigenvalue weighted by molar-refractivity contribution is 6.34. The van der Waals surface area contributed by atoms with Crippen LogP contribution in [0.3, 0.4) is 0 Å². The number of benzene rings is 1. The van der Waals surface area contributed by atoms with Crippen LogP contribution in [-0.4, -0.2) is 11.8 Å². The van der Waals surface area contributed by atoms with Gasteiger partial charge in [0.25, 0.3) is 0 Å². The fourth-order valence-corrected chi connectivity index (χ4v) is 1.90. The summed E-state index contributed by atoms with van der Waals surface area (Å²) in [7, 11) is 0. The second-order valence-corrected chi connectivity index (χ2v) is 4.21. The van der Waals surface area contributed by atoms with Crippen molar-refractivity contribution in [2.75, 3.05) is 11.2 Å². The van der Waals surface area contributed by atoms with E-state index in [0.717, 1.165) is 11.1 Å². The molecule has 0 atom stereocenters. The average molecular weight is 246 g/mol. The first kappa shape index (κ1) is 12.3. The molecule has 0 aliphatic rings. The Morgan fingerprint density at radius 1 is 1.40 bits per heavy atom. The number of rotatable bonds is 3.